The first-order valence-corrected chi connectivity index (χ1v) is 11.4. The summed E-state index contributed by atoms with van der Waals surface area (Å²) in [7, 11) is 1.48. The molecule has 2 atom stereocenters. The number of carbonyl (C=O) groups is 1. The smallest absolute Gasteiger partial charge is 0.416 e. The van der Waals surface area contributed by atoms with Crippen LogP contribution in [-0.4, -0.2) is 21.6 Å². The molecule has 6 nitrogen and oxygen atoms in total. The van der Waals surface area contributed by atoms with Crippen LogP contribution in [0.15, 0.2) is 47.3 Å². The molecule has 10 heteroatoms. The molecule has 0 radical (unpaired) electrons. The van der Waals surface area contributed by atoms with E-state index in [0.29, 0.717) is 18.5 Å². The Kier molecular flexibility index (Phi) is 6.64. The van der Waals surface area contributed by atoms with Gasteiger partial charge in [-0.05, 0) is 35.7 Å². The monoisotopic (exact) mass is 505 g/mol. The lowest BCUT2D eigenvalue weighted by Crippen LogP contribution is -2.32. The molecular formula is C25H23ClF3N3O3. The largest absolute Gasteiger partial charge is 0.460 e. The molecular weight excluding hydrogens is 483 g/mol. The lowest BCUT2D eigenvalue weighted by molar-refractivity contribution is -0.146. The highest BCUT2D eigenvalue weighted by Gasteiger charge is 2.36. The van der Waals surface area contributed by atoms with E-state index in [4.69, 9.17) is 16.3 Å². The normalized spacial score (nSPS) is 17.2. The summed E-state index contributed by atoms with van der Waals surface area (Å²) in [5.74, 6) is -0.275. The number of hydrogen-bond acceptors (Lipinski definition) is 5. The van der Waals surface area contributed by atoms with E-state index in [1.165, 1.54) is 24.6 Å². The summed E-state index contributed by atoms with van der Waals surface area (Å²) in [6.45, 7) is 3.15. The number of anilines is 1. The highest BCUT2D eigenvalue weighted by Crippen LogP contribution is 2.37. The molecule has 3 aromatic rings. The lowest BCUT2D eigenvalue weighted by atomic mass is 10.1. The second-order valence-electron chi connectivity index (χ2n) is 8.34. The number of nitrogens with one attached hydrogen (secondary N) is 1. The molecule has 0 saturated carbocycles. The van der Waals surface area contributed by atoms with Gasteiger partial charge in [0.2, 0.25) is 0 Å². The van der Waals surface area contributed by atoms with Crippen LogP contribution in [0.25, 0.3) is 11.4 Å². The van der Waals surface area contributed by atoms with E-state index in [0.717, 1.165) is 23.3 Å². The number of carbonyl (C=O) groups excluding carboxylic acids is 1. The van der Waals surface area contributed by atoms with Crippen molar-refractivity contribution < 1.29 is 22.7 Å². The first-order valence-electron chi connectivity index (χ1n) is 11.0. The summed E-state index contributed by atoms with van der Waals surface area (Å²) in [6, 6.07) is 10.1. The van der Waals surface area contributed by atoms with Gasteiger partial charge in [0.05, 0.1) is 22.3 Å². The van der Waals surface area contributed by atoms with E-state index >= 15 is 0 Å². The summed E-state index contributed by atoms with van der Waals surface area (Å²) >= 11 is 6.17. The van der Waals surface area contributed by atoms with Gasteiger partial charge < -0.3 is 10.1 Å². The lowest BCUT2D eigenvalue weighted by Gasteiger charge is -2.24. The van der Waals surface area contributed by atoms with Crippen molar-refractivity contribution in [2.45, 2.75) is 45.0 Å². The summed E-state index contributed by atoms with van der Waals surface area (Å²) in [5, 5.41) is 3.09. The maximum Gasteiger partial charge on any atom is 0.416 e. The van der Waals surface area contributed by atoms with Crippen molar-refractivity contribution in [2.75, 3.05) is 5.32 Å². The number of esters is 1. The van der Waals surface area contributed by atoms with E-state index < -0.39 is 35.4 Å². The van der Waals surface area contributed by atoms with Crippen LogP contribution in [0.3, 0.4) is 0 Å². The minimum atomic E-state index is -4.54. The molecule has 1 unspecified atom stereocenters. The van der Waals surface area contributed by atoms with Gasteiger partial charge in [0.15, 0.2) is 0 Å². The zero-order valence-electron chi connectivity index (χ0n) is 19.2. The van der Waals surface area contributed by atoms with E-state index in [-0.39, 0.29) is 22.1 Å². The number of aryl methyl sites for hydroxylation is 1. The maximum atomic E-state index is 13.4. The number of nitrogens with zero attached hydrogens (tertiary/aromatic N) is 2. The third-order valence-corrected chi connectivity index (χ3v) is 6.35. The average Bonchev–Trinajstić information content (AvgIpc) is 3.13. The minimum Gasteiger partial charge on any atom is -0.460 e. The number of aromatic nitrogens is 2. The Balaban J connectivity index is 1.78. The predicted octanol–water partition coefficient (Wildman–Crippen LogP) is 5.32. The zero-order chi connectivity index (χ0) is 25.5. The van der Waals surface area contributed by atoms with Gasteiger partial charge in [0.25, 0.3) is 5.56 Å². The molecule has 1 heterocycles. The topological polar surface area (TPSA) is 73.2 Å². The van der Waals surface area contributed by atoms with Crippen LogP contribution in [0.5, 0.6) is 0 Å². The third-order valence-electron chi connectivity index (χ3n) is 6.04. The van der Waals surface area contributed by atoms with Crippen molar-refractivity contribution in [3.63, 3.8) is 0 Å². The summed E-state index contributed by atoms with van der Waals surface area (Å²) in [4.78, 5) is 29.7. The molecule has 0 spiro atoms. The Labute approximate surface area is 204 Å². The number of rotatable bonds is 5. The van der Waals surface area contributed by atoms with E-state index in [2.05, 4.69) is 10.3 Å². The van der Waals surface area contributed by atoms with Crippen molar-refractivity contribution in [3.8, 4) is 11.4 Å². The van der Waals surface area contributed by atoms with Crippen LogP contribution in [0.1, 0.15) is 42.3 Å². The Bertz CT molecular complexity index is 1350. The predicted molar refractivity (Wildman–Crippen MR) is 126 cm³/mol. The van der Waals surface area contributed by atoms with E-state index in [1.807, 2.05) is 31.2 Å². The highest BCUT2D eigenvalue weighted by atomic mass is 35.5. The first-order chi connectivity index (χ1) is 16.5. The number of ether oxygens (including phenoxy) is 1. The summed E-state index contributed by atoms with van der Waals surface area (Å²) < 4.78 is 46.0. The molecule has 184 valence electrons. The maximum absolute atomic E-state index is 13.4. The Morgan fingerprint density at radius 2 is 1.97 bits per heavy atom. The molecule has 0 fully saturated rings. The van der Waals surface area contributed by atoms with E-state index in [9.17, 15) is 22.8 Å². The van der Waals surface area contributed by atoms with Crippen LogP contribution in [0.4, 0.5) is 18.9 Å². The van der Waals surface area contributed by atoms with E-state index in [1.54, 1.807) is 0 Å². The molecule has 1 aliphatic carbocycles. The standard InChI is InChI=1S/C25H23ClF3N3O3/c1-4-19-22(31-21-16-8-6-5-7-14(16)11-20(21)35-13(2)33)24(34)32(3)23(30-19)17-10-9-15(12-18(17)26)25(27,28)29/h5-10,12,20-21,31H,4,11H2,1-3H3/t20-,21?/m0/s1. The average molecular weight is 506 g/mol. The Morgan fingerprint density at radius 1 is 1.26 bits per heavy atom. The molecule has 0 bridgehead atoms. The number of halogens is 4. The molecule has 2 aromatic carbocycles. The molecule has 0 amide bonds. The molecule has 1 aromatic heterocycles. The number of hydrogen-bond donors (Lipinski definition) is 1. The third kappa shape index (κ3) is 4.77. The Hall–Kier alpha value is -3.33. The second-order valence-corrected chi connectivity index (χ2v) is 8.75. The quantitative estimate of drug-likeness (QED) is 0.475. The van der Waals surface area contributed by atoms with Crippen LogP contribution in [0, 0.1) is 0 Å². The summed E-state index contributed by atoms with van der Waals surface area (Å²) in [5.41, 5.74) is 1.48. The number of benzene rings is 2. The molecule has 35 heavy (non-hydrogen) atoms. The minimum absolute atomic E-state index is 0.152. The van der Waals surface area contributed by atoms with Gasteiger partial charge in [-0.15, -0.1) is 0 Å². The fourth-order valence-electron chi connectivity index (χ4n) is 4.37. The molecule has 0 saturated heterocycles. The molecule has 1 aliphatic rings. The van der Waals surface area contributed by atoms with Gasteiger partial charge in [0.1, 0.15) is 17.6 Å². The van der Waals surface area contributed by atoms with Crippen LogP contribution in [-0.2, 0) is 35.6 Å². The van der Waals surface area contributed by atoms with Crippen LogP contribution >= 0.6 is 11.6 Å². The Morgan fingerprint density at radius 3 is 2.60 bits per heavy atom. The van der Waals surface area contributed by atoms with Crippen molar-refractivity contribution >= 4 is 23.3 Å². The van der Waals surface area contributed by atoms with Crippen LogP contribution < -0.4 is 10.9 Å². The van der Waals surface area contributed by atoms with Crippen molar-refractivity contribution in [3.05, 3.63) is 80.2 Å². The number of alkyl halides is 3. The SMILES string of the molecule is CCc1nc(-c2ccc(C(F)(F)F)cc2Cl)n(C)c(=O)c1NC1c2ccccc2C[C@@H]1OC(C)=O. The van der Waals surface area contributed by atoms with Gasteiger partial charge in [-0.2, -0.15) is 13.2 Å². The fraction of sp³-hybridized carbons (Fsp3) is 0.320. The van der Waals surface area contributed by atoms with Gasteiger partial charge in [-0.25, -0.2) is 4.98 Å². The first kappa shape index (κ1) is 24.8. The summed E-state index contributed by atoms with van der Waals surface area (Å²) in [6.07, 6.45) is -4.18. The van der Waals surface area contributed by atoms with Crippen LogP contribution in [0.2, 0.25) is 5.02 Å². The van der Waals surface area contributed by atoms with Gasteiger partial charge >= 0.3 is 12.1 Å². The van der Waals surface area contributed by atoms with Crippen molar-refractivity contribution in [2.24, 2.45) is 7.05 Å². The molecule has 1 N–H and O–H groups in total. The second kappa shape index (κ2) is 9.37. The zero-order valence-corrected chi connectivity index (χ0v) is 20.0. The van der Waals surface area contributed by atoms with Crippen molar-refractivity contribution in [1.82, 2.24) is 9.55 Å². The number of fused-ring (bicyclic) bond motifs is 1. The van der Waals surface area contributed by atoms with Gasteiger partial charge in [0, 0.05) is 26.0 Å². The molecule has 4 rings (SSSR count). The molecule has 0 aliphatic heterocycles. The van der Waals surface area contributed by atoms with Gasteiger partial charge in [-0.3, -0.25) is 14.2 Å². The fourth-order valence-corrected chi connectivity index (χ4v) is 4.63. The van der Waals surface area contributed by atoms with Crippen molar-refractivity contribution in [1.29, 1.82) is 0 Å². The highest BCUT2D eigenvalue weighted by molar-refractivity contribution is 6.33. The van der Waals surface area contributed by atoms with Gasteiger partial charge in [-0.1, -0.05) is 42.8 Å².